The summed E-state index contributed by atoms with van der Waals surface area (Å²) >= 11 is 1.04. The van der Waals surface area contributed by atoms with Gasteiger partial charge in [0.2, 0.25) is 15.8 Å². The summed E-state index contributed by atoms with van der Waals surface area (Å²) in [5.41, 5.74) is 0.537. The molecule has 2 N–H and O–H groups in total. The third-order valence-electron chi connectivity index (χ3n) is 6.62. The number of carbonyl (C=O) groups is 1. The highest BCUT2D eigenvalue weighted by Gasteiger charge is 2.39. The fraction of sp³-hybridized carbons (Fsp3) is 0.133. The van der Waals surface area contributed by atoms with Crippen LogP contribution in [0.3, 0.4) is 0 Å². The third kappa shape index (κ3) is 6.45. The first-order valence-electron chi connectivity index (χ1n) is 12.9. The predicted octanol–water partition coefficient (Wildman–Crippen LogP) is 5.74. The summed E-state index contributed by atoms with van der Waals surface area (Å²) in [6.45, 7) is -0.0115. The fourth-order valence-electron chi connectivity index (χ4n) is 4.43. The number of thioether (sulfide) groups is 1. The highest BCUT2D eigenvalue weighted by molar-refractivity contribution is 8.14. The Morgan fingerprint density at radius 2 is 1.60 bits per heavy atom. The number of primary sulfonamides is 1. The van der Waals surface area contributed by atoms with Crippen molar-refractivity contribution in [2.75, 3.05) is 14.2 Å². The molecule has 0 saturated carbocycles. The number of carbonyl (C=O) groups excluding carboxylic acids is 1. The van der Waals surface area contributed by atoms with E-state index in [9.17, 15) is 26.4 Å². The van der Waals surface area contributed by atoms with Gasteiger partial charge >= 0.3 is 0 Å². The Labute approximate surface area is 259 Å². The summed E-state index contributed by atoms with van der Waals surface area (Å²) in [6, 6.07) is 16.2. The Bertz CT molecular complexity index is 1910. The molecular formula is C30H23F4N3O6S2. The molecule has 1 amide bonds. The van der Waals surface area contributed by atoms with Crippen molar-refractivity contribution in [2.24, 2.45) is 10.2 Å². The lowest BCUT2D eigenvalue weighted by molar-refractivity contribution is 0.0741. The maximum absolute atomic E-state index is 15.2. The molecule has 4 aromatic carbocycles. The van der Waals surface area contributed by atoms with Crippen molar-refractivity contribution in [1.29, 1.82) is 0 Å². The molecule has 9 nitrogen and oxygen atoms in total. The zero-order valence-electron chi connectivity index (χ0n) is 23.5. The number of hydrogen-bond acceptors (Lipinski definition) is 8. The molecule has 0 fully saturated rings. The van der Waals surface area contributed by atoms with Crippen LogP contribution in [0.1, 0.15) is 32.4 Å². The van der Waals surface area contributed by atoms with E-state index in [-0.39, 0.29) is 28.0 Å². The van der Waals surface area contributed by atoms with Gasteiger partial charge in [-0.3, -0.25) is 4.79 Å². The number of rotatable bonds is 9. The van der Waals surface area contributed by atoms with E-state index < -0.39 is 55.9 Å². The molecule has 4 aromatic rings. The lowest BCUT2D eigenvalue weighted by Crippen LogP contribution is -2.27. The van der Waals surface area contributed by atoms with Crippen LogP contribution in [0.25, 0.3) is 0 Å². The molecule has 0 saturated heterocycles. The number of methoxy groups -OCH3 is 2. The second kappa shape index (κ2) is 12.8. The highest BCUT2D eigenvalue weighted by atomic mass is 32.2. The minimum Gasteiger partial charge on any atom is -0.492 e. The first kappa shape index (κ1) is 31.8. The zero-order valence-corrected chi connectivity index (χ0v) is 25.1. The van der Waals surface area contributed by atoms with E-state index in [0.717, 1.165) is 23.9 Å². The summed E-state index contributed by atoms with van der Waals surface area (Å²) in [6.07, 6.45) is 0. The Morgan fingerprint density at radius 3 is 2.22 bits per heavy atom. The molecule has 15 heteroatoms. The normalized spacial score (nSPS) is 14.7. The van der Waals surface area contributed by atoms with Gasteiger partial charge in [-0.2, -0.15) is 9.49 Å². The van der Waals surface area contributed by atoms with Gasteiger partial charge in [-0.1, -0.05) is 36.0 Å². The van der Waals surface area contributed by atoms with Crippen LogP contribution in [-0.2, 0) is 16.6 Å². The van der Waals surface area contributed by atoms with Crippen LogP contribution < -0.4 is 19.3 Å². The molecule has 0 aromatic heterocycles. The molecule has 1 aliphatic heterocycles. The van der Waals surface area contributed by atoms with Gasteiger partial charge in [-0.15, -0.1) is 0 Å². The van der Waals surface area contributed by atoms with Crippen molar-refractivity contribution in [1.82, 2.24) is 5.01 Å². The SMILES string of the molecule is COc1c(OCc2ccc(S(N)(=O)=O)cc2)cccc1C1SC(c2ccc(F)cc2)=NN1C(=O)c1cc(F)c(F)c(OC)c1F. The van der Waals surface area contributed by atoms with Crippen molar-refractivity contribution in [3.8, 4) is 17.2 Å². The Kier molecular flexibility index (Phi) is 9.04. The van der Waals surface area contributed by atoms with Gasteiger partial charge in [0, 0.05) is 11.1 Å². The number of sulfonamides is 1. The van der Waals surface area contributed by atoms with Gasteiger partial charge in [-0.05, 0) is 54.1 Å². The Balaban J connectivity index is 1.53. The lowest BCUT2D eigenvalue weighted by Gasteiger charge is -2.24. The van der Waals surface area contributed by atoms with Gasteiger partial charge in [0.15, 0.2) is 28.9 Å². The lowest BCUT2D eigenvalue weighted by atomic mass is 10.1. The molecule has 0 spiro atoms. The van der Waals surface area contributed by atoms with Crippen LogP contribution in [0.2, 0.25) is 0 Å². The van der Waals surface area contributed by atoms with Crippen molar-refractivity contribution in [3.63, 3.8) is 0 Å². The fourth-order valence-corrected chi connectivity index (χ4v) is 6.12. The average Bonchev–Trinajstić information content (AvgIpc) is 3.47. The number of nitrogens with zero attached hydrogens (tertiary/aromatic N) is 2. The van der Waals surface area contributed by atoms with Crippen LogP contribution in [-0.4, -0.2) is 38.6 Å². The number of ether oxygens (including phenoxy) is 3. The average molecular weight is 662 g/mol. The summed E-state index contributed by atoms with van der Waals surface area (Å²) in [5, 5.41) is 9.60. The second-order valence-corrected chi connectivity index (χ2v) is 12.1. The van der Waals surface area contributed by atoms with Crippen LogP contribution in [0.4, 0.5) is 17.6 Å². The summed E-state index contributed by atoms with van der Waals surface area (Å²) in [5.74, 6) is -6.82. The van der Waals surface area contributed by atoms with E-state index in [4.69, 9.17) is 14.6 Å². The quantitative estimate of drug-likeness (QED) is 0.180. The maximum atomic E-state index is 15.2. The summed E-state index contributed by atoms with van der Waals surface area (Å²) < 4.78 is 96.8. The van der Waals surface area contributed by atoms with E-state index in [1.807, 2.05) is 0 Å². The first-order valence-corrected chi connectivity index (χ1v) is 15.3. The van der Waals surface area contributed by atoms with Crippen molar-refractivity contribution in [2.45, 2.75) is 16.9 Å². The molecule has 0 radical (unpaired) electrons. The van der Waals surface area contributed by atoms with E-state index in [1.54, 1.807) is 18.2 Å². The summed E-state index contributed by atoms with van der Waals surface area (Å²) in [4.78, 5) is 13.7. The number of nitrogens with two attached hydrogens (primary N) is 1. The minimum atomic E-state index is -3.88. The van der Waals surface area contributed by atoms with E-state index >= 15 is 4.39 Å². The van der Waals surface area contributed by atoms with Crippen LogP contribution in [0, 0.1) is 23.3 Å². The van der Waals surface area contributed by atoms with E-state index in [0.29, 0.717) is 22.8 Å². The molecular weight excluding hydrogens is 638 g/mol. The van der Waals surface area contributed by atoms with Crippen molar-refractivity contribution in [3.05, 3.63) is 118 Å². The van der Waals surface area contributed by atoms with Gasteiger partial charge in [0.1, 0.15) is 22.8 Å². The molecule has 1 heterocycles. The molecule has 1 unspecified atom stereocenters. The monoisotopic (exact) mass is 661 g/mol. The minimum absolute atomic E-state index is 0.0115. The molecule has 1 atom stereocenters. The summed E-state index contributed by atoms with van der Waals surface area (Å²) in [7, 11) is -1.59. The standard InChI is InChI=1S/C30H23F4N3O6S2/c1-41-26-20(4-3-5-23(26)43-15-16-6-12-19(13-7-16)45(35,39)40)30-37(36-28(44-30)17-8-10-18(31)11-9-17)29(38)21-14-22(32)25(34)27(42-2)24(21)33/h3-14,30H,15H2,1-2H3,(H2,35,39,40). The molecule has 45 heavy (non-hydrogen) atoms. The number of hydrazone groups is 1. The van der Waals surface area contributed by atoms with E-state index in [2.05, 4.69) is 9.84 Å². The van der Waals surface area contributed by atoms with Crippen LogP contribution >= 0.6 is 11.8 Å². The number of benzene rings is 4. The third-order valence-corrected chi connectivity index (χ3v) is 8.77. The van der Waals surface area contributed by atoms with Crippen molar-refractivity contribution >= 4 is 32.7 Å². The number of hydrogen-bond donors (Lipinski definition) is 1. The smallest absolute Gasteiger partial charge is 0.278 e. The molecule has 0 aliphatic carbocycles. The van der Waals surface area contributed by atoms with Crippen LogP contribution in [0.15, 0.2) is 82.8 Å². The number of para-hydroxylation sites is 1. The van der Waals surface area contributed by atoms with Gasteiger partial charge in [-0.25, -0.2) is 31.7 Å². The van der Waals surface area contributed by atoms with Gasteiger partial charge in [0.05, 0.1) is 24.7 Å². The molecule has 5 rings (SSSR count). The first-order chi connectivity index (χ1) is 21.4. The van der Waals surface area contributed by atoms with Crippen LogP contribution in [0.5, 0.6) is 17.2 Å². The second-order valence-electron chi connectivity index (χ2n) is 9.46. The maximum Gasteiger partial charge on any atom is 0.278 e. The van der Waals surface area contributed by atoms with E-state index in [1.165, 1.54) is 55.6 Å². The Hall–Kier alpha value is -4.60. The number of amides is 1. The Morgan fingerprint density at radius 1 is 0.933 bits per heavy atom. The highest BCUT2D eigenvalue weighted by Crippen LogP contribution is 2.48. The topological polar surface area (TPSA) is 121 Å². The van der Waals surface area contributed by atoms with Gasteiger partial charge < -0.3 is 14.2 Å². The van der Waals surface area contributed by atoms with Gasteiger partial charge in [0.25, 0.3) is 5.91 Å². The largest absolute Gasteiger partial charge is 0.492 e. The molecule has 0 bridgehead atoms. The molecule has 234 valence electrons. The molecule has 1 aliphatic rings. The van der Waals surface area contributed by atoms with Crippen molar-refractivity contribution < 1.29 is 45.0 Å². The predicted molar refractivity (Wildman–Crippen MR) is 157 cm³/mol. The zero-order chi connectivity index (χ0) is 32.5. The number of halogens is 4.